The normalized spacial score (nSPS) is 20.4. The Kier molecular flexibility index (Phi) is 3.41. The zero-order chi connectivity index (χ0) is 11.7. The van der Waals surface area contributed by atoms with Crippen LogP contribution < -0.4 is 10.5 Å². The van der Waals surface area contributed by atoms with Crippen molar-refractivity contribution >= 4 is 11.6 Å². The third-order valence-electron chi connectivity index (χ3n) is 3.00. The van der Waals surface area contributed by atoms with Crippen LogP contribution in [0.4, 0.5) is 0 Å². The van der Waals surface area contributed by atoms with Crippen molar-refractivity contribution in [2.75, 3.05) is 6.54 Å². The highest BCUT2D eigenvalue weighted by molar-refractivity contribution is 6.30. The SMILES string of the molecule is CC(CN)Cc1cc(Cl)cc2c1OC(C)C2. The van der Waals surface area contributed by atoms with Gasteiger partial charge in [-0.1, -0.05) is 18.5 Å². The Morgan fingerprint density at radius 1 is 1.56 bits per heavy atom. The molecule has 3 heteroatoms. The molecule has 0 saturated heterocycles. The van der Waals surface area contributed by atoms with E-state index in [9.17, 15) is 0 Å². The molecule has 1 aromatic rings. The van der Waals surface area contributed by atoms with Crippen molar-refractivity contribution in [1.29, 1.82) is 0 Å². The topological polar surface area (TPSA) is 35.2 Å². The highest BCUT2D eigenvalue weighted by Gasteiger charge is 2.23. The average Bonchev–Trinajstić information content (AvgIpc) is 2.58. The van der Waals surface area contributed by atoms with Crippen molar-refractivity contribution in [3.05, 3.63) is 28.3 Å². The number of hydrogen-bond donors (Lipinski definition) is 1. The first kappa shape index (κ1) is 11.7. The molecule has 0 bridgehead atoms. The van der Waals surface area contributed by atoms with Crippen molar-refractivity contribution in [3.63, 3.8) is 0 Å². The molecule has 0 aliphatic carbocycles. The average molecular weight is 240 g/mol. The largest absolute Gasteiger partial charge is 0.490 e. The molecule has 0 radical (unpaired) electrons. The molecule has 16 heavy (non-hydrogen) atoms. The minimum Gasteiger partial charge on any atom is -0.490 e. The monoisotopic (exact) mass is 239 g/mol. The lowest BCUT2D eigenvalue weighted by molar-refractivity contribution is 0.252. The fraction of sp³-hybridized carbons (Fsp3) is 0.538. The standard InChI is InChI=1S/C13H18ClNO/c1-8(7-15)3-10-5-12(14)6-11-4-9(2)16-13(10)11/h5-6,8-9H,3-4,7,15H2,1-2H3. The first-order valence-electron chi connectivity index (χ1n) is 5.78. The van der Waals surface area contributed by atoms with Crippen LogP contribution in [0.1, 0.15) is 25.0 Å². The van der Waals surface area contributed by atoms with Gasteiger partial charge in [0.1, 0.15) is 11.9 Å². The Morgan fingerprint density at radius 3 is 3.00 bits per heavy atom. The summed E-state index contributed by atoms with van der Waals surface area (Å²) in [4.78, 5) is 0. The van der Waals surface area contributed by atoms with Crippen LogP contribution in [0.5, 0.6) is 5.75 Å². The molecule has 0 amide bonds. The highest BCUT2D eigenvalue weighted by Crippen LogP contribution is 2.36. The van der Waals surface area contributed by atoms with E-state index < -0.39 is 0 Å². The van der Waals surface area contributed by atoms with E-state index in [4.69, 9.17) is 22.1 Å². The van der Waals surface area contributed by atoms with Crippen LogP contribution in [0, 0.1) is 5.92 Å². The van der Waals surface area contributed by atoms with E-state index in [1.54, 1.807) is 0 Å². The maximum absolute atomic E-state index is 6.12. The van der Waals surface area contributed by atoms with Crippen LogP contribution in [0.15, 0.2) is 12.1 Å². The third-order valence-corrected chi connectivity index (χ3v) is 3.22. The molecule has 1 heterocycles. The first-order chi connectivity index (χ1) is 7.60. The van der Waals surface area contributed by atoms with Gasteiger partial charge < -0.3 is 10.5 Å². The molecule has 88 valence electrons. The summed E-state index contributed by atoms with van der Waals surface area (Å²) in [6.45, 7) is 4.92. The maximum Gasteiger partial charge on any atom is 0.126 e. The number of fused-ring (bicyclic) bond motifs is 1. The lowest BCUT2D eigenvalue weighted by atomic mass is 9.98. The van der Waals surface area contributed by atoms with E-state index in [2.05, 4.69) is 13.8 Å². The summed E-state index contributed by atoms with van der Waals surface area (Å²) in [6.07, 6.45) is 2.16. The van der Waals surface area contributed by atoms with Gasteiger partial charge in [-0.3, -0.25) is 0 Å². The van der Waals surface area contributed by atoms with Gasteiger partial charge in [0.2, 0.25) is 0 Å². The van der Waals surface area contributed by atoms with Crippen LogP contribution in [0.3, 0.4) is 0 Å². The van der Waals surface area contributed by atoms with Gasteiger partial charge in [-0.05, 0) is 49.1 Å². The minimum absolute atomic E-state index is 0.264. The van der Waals surface area contributed by atoms with Crippen LogP contribution in [-0.2, 0) is 12.8 Å². The molecule has 2 rings (SSSR count). The third kappa shape index (κ3) is 2.33. The fourth-order valence-corrected chi connectivity index (χ4v) is 2.44. The second kappa shape index (κ2) is 4.64. The predicted octanol–water partition coefficient (Wildman–Crippen LogP) is 2.80. The van der Waals surface area contributed by atoms with E-state index in [1.807, 2.05) is 12.1 Å². The van der Waals surface area contributed by atoms with Crippen molar-refractivity contribution in [2.24, 2.45) is 11.7 Å². The van der Waals surface area contributed by atoms with Crippen molar-refractivity contribution < 1.29 is 4.74 Å². The molecule has 0 saturated carbocycles. The quantitative estimate of drug-likeness (QED) is 0.881. The zero-order valence-corrected chi connectivity index (χ0v) is 10.6. The molecule has 2 nitrogen and oxygen atoms in total. The summed E-state index contributed by atoms with van der Waals surface area (Å²) in [7, 11) is 0. The summed E-state index contributed by atoms with van der Waals surface area (Å²) in [5.41, 5.74) is 8.09. The van der Waals surface area contributed by atoms with Crippen molar-refractivity contribution in [2.45, 2.75) is 32.8 Å². The summed E-state index contributed by atoms with van der Waals surface area (Å²) in [5, 5.41) is 0.802. The molecule has 1 aromatic carbocycles. The summed E-state index contributed by atoms with van der Waals surface area (Å²) in [6, 6.07) is 4.02. The van der Waals surface area contributed by atoms with E-state index in [-0.39, 0.29) is 6.10 Å². The van der Waals surface area contributed by atoms with Gasteiger partial charge >= 0.3 is 0 Å². The summed E-state index contributed by atoms with van der Waals surface area (Å²) < 4.78 is 5.84. The van der Waals surface area contributed by atoms with Crippen molar-refractivity contribution in [1.82, 2.24) is 0 Å². The number of ether oxygens (including phenoxy) is 1. The highest BCUT2D eigenvalue weighted by atomic mass is 35.5. The van der Waals surface area contributed by atoms with Gasteiger partial charge in [-0.2, -0.15) is 0 Å². The number of rotatable bonds is 3. The molecule has 1 aliphatic heterocycles. The second-order valence-electron chi connectivity index (χ2n) is 4.73. The molecule has 2 N–H and O–H groups in total. The number of nitrogens with two attached hydrogens (primary N) is 1. The zero-order valence-electron chi connectivity index (χ0n) is 9.79. The lowest BCUT2D eigenvalue weighted by Crippen LogP contribution is -2.14. The van der Waals surface area contributed by atoms with E-state index in [0.717, 1.165) is 23.6 Å². The molecular weight excluding hydrogens is 222 g/mol. The van der Waals surface area contributed by atoms with Gasteiger partial charge in [-0.25, -0.2) is 0 Å². The predicted molar refractivity (Wildman–Crippen MR) is 67.2 cm³/mol. The summed E-state index contributed by atoms with van der Waals surface area (Å²) in [5.74, 6) is 1.50. The Hall–Kier alpha value is -0.730. The maximum atomic E-state index is 6.12. The Labute approximate surface area is 102 Å². The van der Waals surface area contributed by atoms with Crippen LogP contribution >= 0.6 is 11.6 Å². The van der Waals surface area contributed by atoms with Gasteiger partial charge in [0, 0.05) is 11.4 Å². The number of benzene rings is 1. The fourth-order valence-electron chi connectivity index (χ4n) is 2.18. The van der Waals surface area contributed by atoms with Crippen LogP contribution in [0.25, 0.3) is 0 Å². The number of halogens is 1. The molecule has 0 spiro atoms. The molecule has 2 unspecified atom stereocenters. The van der Waals surface area contributed by atoms with Crippen molar-refractivity contribution in [3.8, 4) is 5.75 Å². The van der Waals surface area contributed by atoms with Gasteiger partial charge in [0.15, 0.2) is 0 Å². The van der Waals surface area contributed by atoms with Crippen LogP contribution in [0.2, 0.25) is 5.02 Å². The lowest BCUT2D eigenvalue weighted by Gasteiger charge is -2.13. The number of hydrogen-bond acceptors (Lipinski definition) is 2. The molecule has 2 atom stereocenters. The molecule has 0 aromatic heterocycles. The summed E-state index contributed by atoms with van der Waals surface area (Å²) >= 11 is 6.12. The van der Waals surface area contributed by atoms with E-state index in [1.165, 1.54) is 11.1 Å². The molecule has 1 aliphatic rings. The van der Waals surface area contributed by atoms with E-state index in [0.29, 0.717) is 12.5 Å². The molecule has 0 fully saturated rings. The first-order valence-corrected chi connectivity index (χ1v) is 6.16. The second-order valence-corrected chi connectivity index (χ2v) is 5.17. The Balaban J connectivity index is 2.31. The van der Waals surface area contributed by atoms with Gasteiger partial charge in [-0.15, -0.1) is 0 Å². The Morgan fingerprint density at radius 2 is 2.31 bits per heavy atom. The molecular formula is C13H18ClNO. The van der Waals surface area contributed by atoms with Crippen LogP contribution in [-0.4, -0.2) is 12.6 Å². The Bertz CT molecular complexity index is 392. The minimum atomic E-state index is 0.264. The smallest absolute Gasteiger partial charge is 0.126 e. The van der Waals surface area contributed by atoms with Gasteiger partial charge in [0.05, 0.1) is 0 Å². The van der Waals surface area contributed by atoms with E-state index >= 15 is 0 Å². The van der Waals surface area contributed by atoms with Gasteiger partial charge in [0.25, 0.3) is 0 Å².